The second-order valence-corrected chi connectivity index (χ2v) is 5.28. The van der Waals surface area contributed by atoms with Gasteiger partial charge in [-0.25, -0.2) is 0 Å². The Bertz CT molecular complexity index is 324. The lowest BCUT2D eigenvalue weighted by atomic mass is 9.80. The minimum atomic E-state index is -0.884. The summed E-state index contributed by atoms with van der Waals surface area (Å²) in [5.74, 6) is -2.07. The Morgan fingerprint density at radius 1 is 1.18 bits per heavy atom. The van der Waals surface area contributed by atoms with E-state index >= 15 is 0 Å². The summed E-state index contributed by atoms with van der Waals surface area (Å²) >= 11 is 0. The van der Waals surface area contributed by atoms with Crippen LogP contribution in [0.5, 0.6) is 0 Å². The highest BCUT2D eigenvalue weighted by Gasteiger charge is 2.39. The fourth-order valence-electron chi connectivity index (χ4n) is 2.71. The van der Waals surface area contributed by atoms with E-state index in [4.69, 9.17) is 5.11 Å². The van der Waals surface area contributed by atoms with E-state index in [2.05, 4.69) is 5.32 Å². The first-order valence-electron chi connectivity index (χ1n) is 6.25. The minimum Gasteiger partial charge on any atom is -0.481 e. The molecule has 0 radical (unpaired) electrons. The highest BCUT2D eigenvalue weighted by atomic mass is 16.4. The molecule has 5 heteroatoms. The van der Waals surface area contributed by atoms with Crippen LogP contribution in [-0.2, 0) is 9.59 Å². The van der Waals surface area contributed by atoms with Crippen LogP contribution in [0.25, 0.3) is 0 Å². The Hall–Kier alpha value is -1.10. The second kappa shape index (κ2) is 4.64. The zero-order valence-electron chi connectivity index (χ0n) is 9.82. The standard InChI is InChI=1S/C12H19NO4/c14-10(13-7-12(17)5-2-6-12)8-3-1-4-9(8)11(15)16/h8-9,17H,1-7H2,(H,13,14)(H,15,16)/t8-,9+/m1/s1. The van der Waals surface area contributed by atoms with E-state index in [0.717, 1.165) is 25.7 Å². The lowest BCUT2D eigenvalue weighted by molar-refractivity contribution is -0.146. The van der Waals surface area contributed by atoms with Gasteiger partial charge in [0.2, 0.25) is 5.91 Å². The molecule has 0 aromatic heterocycles. The van der Waals surface area contributed by atoms with Crippen molar-refractivity contribution in [2.24, 2.45) is 11.8 Å². The quantitative estimate of drug-likeness (QED) is 0.669. The third kappa shape index (κ3) is 2.60. The minimum absolute atomic E-state index is 0.213. The highest BCUT2D eigenvalue weighted by Crippen LogP contribution is 2.33. The van der Waals surface area contributed by atoms with Crippen LogP contribution < -0.4 is 5.32 Å². The van der Waals surface area contributed by atoms with Gasteiger partial charge in [-0.3, -0.25) is 9.59 Å². The van der Waals surface area contributed by atoms with Gasteiger partial charge in [0, 0.05) is 6.54 Å². The molecule has 2 fully saturated rings. The Morgan fingerprint density at radius 3 is 2.35 bits per heavy atom. The maximum Gasteiger partial charge on any atom is 0.307 e. The predicted octanol–water partition coefficient (Wildman–Crippen LogP) is 0.518. The van der Waals surface area contributed by atoms with Crippen molar-refractivity contribution in [1.82, 2.24) is 5.32 Å². The molecule has 2 aliphatic rings. The second-order valence-electron chi connectivity index (χ2n) is 5.28. The molecular formula is C12H19NO4. The Balaban J connectivity index is 1.84. The number of carbonyl (C=O) groups is 2. The van der Waals surface area contributed by atoms with Crippen LogP contribution in [0.3, 0.4) is 0 Å². The number of hydrogen-bond donors (Lipinski definition) is 3. The van der Waals surface area contributed by atoms with Gasteiger partial charge < -0.3 is 15.5 Å². The van der Waals surface area contributed by atoms with E-state index < -0.39 is 23.4 Å². The summed E-state index contributed by atoms with van der Waals surface area (Å²) in [5.41, 5.74) is -0.743. The summed E-state index contributed by atoms with van der Waals surface area (Å²) in [6.45, 7) is 0.259. The summed E-state index contributed by atoms with van der Waals surface area (Å²) in [6.07, 6.45) is 4.45. The van der Waals surface area contributed by atoms with Gasteiger partial charge in [0.25, 0.3) is 0 Å². The number of hydrogen-bond acceptors (Lipinski definition) is 3. The summed E-state index contributed by atoms with van der Waals surface area (Å²) in [7, 11) is 0. The van der Waals surface area contributed by atoms with Gasteiger partial charge in [0.05, 0.1) is 17.4 Å². The molecular weight excluding hydrogens is 222 g/mol. The van der Waals surface area contributed by atoms with Crippen LogP contribution >= 0.6 is 0 Å². The molecule has 0 aromatic carbocycles. The number of aliphatic carboxylic acids is 1. The molecule has 3 N–H and O–H groups in total. The molecule has 2 saturated carbocycles. The van der Waals surface area contributed by atoms with Crippen molar-refractivity contribution < 1.29 is 19.8 Å². The highest BCUT2D eigenvalue weighted by molar-refractivity contribution is 5.85. The number of carboxylic acid groups (broad SMARTS) is 1. The molecule has 0 aliphatic heterocycles. The van der Waals surface area contributed by atoms with Gasteiger partial charge in [-0.15, -0.1) is 0 Å². The van der Waals surface area contributed by atoms with Crippen molar-refractivity contribution in [2.45, 2.75) is 44.1 Å². The zero-order chi connectivity index (χ0) is 12.5. The van der Waals surface area contributed by atoms with Gasteiger partial charge in [0.15, 0.2) is 0 Å². The van der Waals surface area contributed by atoms with Crippen LogP contribution in [0.15, 0.2) is 0 Å². The van der Waals surface area contributed by atoms with E-state index in [1.165, 1.54) is 0 Å². The zero-order valence-corrected chi connectivity index (χ0v) is 9.82. The van der Waals surface area contributed by atoms with Gasteiger partial charge >= 0.3 is 5.97 Å². The lowest BCUT2D eigenvalue weighted by Gasteiger charge is -2.36. The smallest absolute Gasteiger partial charge is 0.307 e. The molecule has 0 aromatic rings. The predicted molar refractivity (Wildman–Crippen MR) is 60.3 cm³/mol. The Labute approximate surface area is 100 Å². The first-order chi connectivity index (χ1) is 8.02. The average Bonchev–Trinajstić information content (AvgIpc) is 2.72. The molecule has 1 amide bonds. The van der Waals surface area contributed by atoms with Crippen LogP contribution in [-0.4, -0.2) is 34.2 Å². The fraction of sp³-hybridized carbons (Fsp3) is 0.833. The number of nitrogens with one attached hydrogen (secondary N) is 1. The number of rotatable bonds is 4. The van der Waals surface area contributed by atoms with Crippen molar-refractivity contribution in [3.63, 3.8) is 0 Å². The average molecular weight is 241 g/mol. The van der Waals surface area contributed by atoms with Crippen molar-refractivity contribution >= 4 is 11.9 Å². The fourth-order valence-corrected chi connectivity index (χ4v) is 2.71. The Morgan fingerprint density at radius 2 is 1.82 bits per heavy atom. The first-order valence-corrected chi connectivity index (χ1v) is 6.25. The monoisotopic (exact) mass is 241 g/mol. The third-order valence-corrected chi connectivity index (χ3v) is 4.05. The molecule has 2 atom stereocenters. The maximum atomic E-state index is 11.9. The van der Waals surface area contributed by atoms with E-state index in [1.54, 1.807) is 0 Å². The van der Waals surface area contributed by atoms with E-state index in [1.807, 2.05) is 0 Å². The molecule has 0 unspecified atom stereocenters. The van der Waals surface area contributed by atoms with Crippen LogP contribution in [0.1, 0.15) is 38.5 Å². The summed E-state index contributed by atoms with van der Waals surface area (Å²) in [6, 6.07) is 0. The van der Waals surface area contributed by atoms with Crippen molar-refractivity contribution in [2.75, 3.05) is 6.54 Å². The van der Waals surface area contributed by atoms with E-state index in [0.29, 0.717) is 12.8 Å². The molecule has 0 spiro atoms. The lowest BCUT2D eigenvalue weighted by Crippen LogP contribution is -2.49. The summed E-state index contributed by atoms with van der Waals surface area (Å²) in [4.78, 5) is 22.8. The molecule has 17 heavy (non-hydrogen) atoms. The Kier molecular flexibility index (Phi) is 3.38. The summed E-state index contributed by atoms with van der Waals surface area (Å²) < 4.78 is 0. The van der Waals surface area contributed by atoms with Crippen molar-refractivity contribution in [1.29, 1.82) is 0 Å². The van der Waals surface area contributed by atoms with Gasteiger partial charge in [-0.2, -0.15) is 0 Å². The molecule has 5 nitrogen and oxygen atoms in total. The molecule has 0 saturated heterocycles. The number of aliphatic hydroxyl groups is 1. The molecule has 2 aliphatic carbocycles. The molecule has 96 valence electrons. The van der Waals surface area contributed by atoms with Gasteiger partial charge in [-0.1, -0.05) is 6.42 Å². The molecule has 0 bridgehead atoms. The third-order valence-electron chi connectivity index (χ3n) is 4.05. The van der Waals surface area contributed by atoms with Crippen LogP contribution in [0.2, 0.25) is 0 Å². The van der Waals surface area contributed by atoms with E-state index in [-0.39, 0.29) is 12.5 Å². The summed E-state index contributed by atoms with van der Waals surface area (Å²) in [5, 5.41) is 21.5. The number of carboxylic acids is 1. The maximum absolute atomic E-state index is 11.9. The van der Waals surface area contributed by atoms with Crippen molar-refractivity contribution in [3.8, 4) is 0 Å². The number of amides is 1. The SMILES string of the molecule is O=C(O)[C@H]1CCC[C@H]1C(=O)NCC1(O)CCC1. The molecule has 0 heterocycles. The molecule has 2 rings (SSSR count). The first kappa shape index (κ1) is 12.4. The van der Waals surface area contributed by atoms with Gasteiger partial charge in [0.1, 0.15) is 0 Å². The van der Waals surface area contributed by atoms with E-state index in [9.17, 15) is 14.7 Å². The topological polar surface area (TPSA) is 86.6 Å². The van der Waals surface area contributed by atoms with Crippen LogP contribution in [0.4, 0.5) is 0 Å². The van der Waals surface area contributed by atoms with Gasteiger partial charge in [-0.05, 0) is 32.1 Å². The largest absolute Gasteiger partial charge is 0.481 e. The van der Waals surface area contributed by atoms with Crippen LogP contribution in [0, 0.1) is 11.8 Å². The number of carbonyl (C=O) groups excluding carboxylic acids is 1. The van der Waals surface area contributed by atoms with Crippen molar-refractivity contribution in [3.05, 3.63) is 0 Å². The normalized spacial score (nSPS) is 30.6.